The molecule has 3 aromatic rings. The van der Waals surface area contributed by atoms with E-state index in [4.69, 9.17) is 4.74 Å². The predicted octanol–water partition coefficient (Wildman–Crippen LogP) is 4.62. The first-order valence-corrected chi connectivity index (χ1v) is 11.3. The van der Waals surface area contributed by atoms with Crippen LogP contribution in [0.1, 0.15) is 31.7 Å². The van der Waals surface area contributed by atoms with Crippen LogP contribution in [0.3, 0.4) is 0 Å². The second-order valence-corrected chi connectivity index (χ2v) is 8.30. The van der Waals surface area contributed by atoms with Crippen molar-refractivity contribution < 1.29 is 9.53 Å². The lowest BCUT2D eigenvalue weighted by atomic mass is 9.95. The van der Waals surface area contributed by atoms with Crippen molar-refractivity contribution in [3.05, 3.63) is 78.6 Å². The number of rotatable bonds is 8. The van der Waals surface area contributed by atoms with Crippen LogP contribution in [0.2, 0.25) is 0 Å². The number of amides is 1. The van der Waals surface area contributed by atoms with Gasteiger partial charge in [0.15, 0.2) is 5.82 Å². The highest BCUT2D eigenvalue weighted by molar-refractivity contribution is 5.79. The number of hydrogen-bond donors (Lipinski definition) is 1. The summed E-state index contributed by atoms with van der Waals surface area (Å²) in [6.45, 7) is 3.59. The highest BCUT2D eigenvalue weighted by Crippen LogP contribution is 2.30. The summed E-state index contributed by atoms with van der Waals surface area (Å²) in [5, 5.41) is 3.21. The van der Waals surface area contributed by atoms with Gasteiger partial charge in [0.2, 0.25) is 5.91 Å². The molecule has 1 unspecified atom stereocenters. The zero-order valence-electron chi connectivity index (χ0n) is 18.5. The number of aromatic nitrogens is 2. The van der Waals surface area contributed by atoms with Crippen molar-refractivity contribution in [1.82, 2.24) is 15.3 Å². The van der Waals surface area contributed by atoms with Gasteiger partial charge in [0.05, 0.1) is 0 Å². The number of anilines is 1. The number of carbonyl (C=O) groups is 1. The van der Waals surface area contributed by atoms with E-state index >= 15 is 0 Å². The summed E-state index contributed by atoms with van der Waals surface area (Å²) in [4.78, 5) is 23.8. The Bertz CT molecular complexity index is 989. The summed E-state index contributed by atoms with van der Waals surface area (Å²) in [6.07, 6.45) is 6.81. The molecular formula is C26H30N4O2. The molecule has 32 heavy (non-hydrogen) atoms. The predicted molar refractivity (Wildman–Crippen MR) is 126 cm³/mol. The maximum Gasteiger partial charge on any atom is 0.263 e. The van der Waals surface area contributed by atoms with E-state index in [0.29, 0.717) is 5.88 Å². The summed E-state index contributed by atoms with van der Waals surface area (Å²) in [5.41, 5.74) is 1.31. The molecule has 0 spiro atoms. The van der Waals surface area contributed by atoms with Gasteiger partial charge in [-0.05, 0) is 50.3 Å². The molecule has 4 rings (SSSR count). The fourth-order valence-corrected chi connectivity index (χ4v) is 4.02. The van der Waals surface area contributed by atoms with Crippen molar-refractivity contribution >= 4 is 11.7 Å². The first-order valence-electron chi connectivity index (χ1n) is 11.3. The van der Waals surface area contributed by atoms with Crippen molar-refractivity contribution in [3.8, 4) is 11.6 Å². The smallest absolute Gasteiger partial charge is 0.263 e. The lowest BCUT2D eigenvalue weighted by Gasteiger charge is -2.33. The van der Waals surface area contributed by atoms with E-state index in [1.807, 2.05) is 36.4 Å². The maximum absolute atomic E-state index is 12.8. The third-order valence-electron chi connectivity index (χ3n) is 5.87. The van der Waals surface area contributed by atoms with Crippen LogP contribution in [-0.4, -0.2) is 35.0 Å². The number of piperidine rings is 1. The summed E-state index contributed by atoms with van der Waals surface area (Å²) in [7, 11) is 0. The molecular weight excluding hydrogens is 400 g/mol. The summed E-state index contributed by atoms with van der Waals surface area (Å²) < 4.78 is 5.96. The maximum atomic E-state index is 12.8. The molecule has 166 valence electrons. The molecule has 1 aromatic heterocycles. The SMILES string of the molecule is CC(CCc1ccccc1)NC(=O)C1CCN(c2nccnc2Oc2ccccc2)CC1. The topological polar surface area (TPSA) is 67.4 Å². The molecule has 1 aliphatic rings. The van der Waals surface area contributed by atoms with E-state index < -0.39 is 0 Å². The highest BCUT2D eigenvalue weighted by Gasteiger charge is 2.28. The van der Waals surface area contributed by atoms with Gasteiger partial charge in [0.1, 0.15) is 5.75 Å². The van der Waals surface area contributed by atoms with Crippen LogP contribution in [0, 0.1) is 5.92 Å². The largest absolute Gasteiger partial charge is 0.436 e. The molecule has 1 N–H and O–H groups in total. The molecule has 2 heterocycles. The first-order chi connectivity index (χ1) is 15.7. The molecule has 0 radical (unpaired) electrons. The molecule has 0 aliphatic carbocycles. The minimum atomic E-state index is 0.0283. The van der Waals surface area contributed by atoms with Gasteiger partial charge in [-0.25, -0.2) is 9.97 Å². The lowest BCUT2D eigenvalue weighted by molar-refractivity contribution is -0.126. The third-order valence-corrected chi connectivity index (χ3v) is 5.87. The van der Waals surface area contributed by atoms with Gasteiger partial charge < -0.3 is 15.0 Å². The monoisotopic (exact) mass is 430 g/mol. The Balaban J connectivity index is 1.28. The van der Waals surface area contributed by atoms with Crippen molar-refractivity contribution in [2.24, 2.45) is 5.92 Å². The minimum absolute atomic E-state index is 0.0283. The van der Waals surface area contributed by atoms with Crippen LogP contribution < -0.4 is 15.0 Å². The molecule has 1 saturated heterocycles. The molecule has 6 nitrogen and oxygen atoms in total. The van der Waals surface area contributed by atoms with Crippen LogP contribution in [0.15, 0.2) is 73.1 Å². The van der Waals surface area contributed by atoms with Crippen molar-refractivity contribution in [1.29, 1.82) is 0 Å². The molecule has 1 amide bonds. The summed E-state index contributed by atoms with van der Waals surface area (Å²) in [6, 6.07) is 20.2. The van der Waals surface area contributed by atoms with E-state index in [2.05, 4.69) is 51.4 Å². The van der Waals surface area contributed by atoms with E-state index in [0.717, 1.165) is 50.3 Å². The fraction of sp³-hybridized carbons (Fsp3) is 0.346. The molecule has 1 aliphatic heterocycles. The van der Waals surface area contributed by atoms with Gasteiger partial charge in [-0.3, -0.25) is 4.79 Å². The van der Waals surface area contributed by atoms with Gasteiger partial charge in [-0.15, -0.1) is 0 Å². The Morgan fingerprint density at radius 1 is 1.03 bits per heavy atom. The Kier molecular flexibility index (Phi) is 7.33. The van der Waals surface area contributed by atoms with Crippen molar-refractivity contribution in [2.75, 3.05) is 18.0 Å². The average molecular weight is 431 g/mol. The average Bonchev–Trinajstić information content (AvgIpc) is 2.84. The quantitative estimate of drug-likeness (QED) is 0.565. The highest BCUT2D eigenvalue weighted by atomic mass is 16.5. The summed E-state index contributed by atoms with van der Waals surface area (Å²) in [5.74, 6) is 2.14. The first kappa shape index (κ1) is 21.8. The number of benzene rings is 2. The third kappa shape index (κ3) is 5.84. The van der Waals surface area contributed by atoms with Crippen molar-refractivity contribution in [2.45, 2.75) is 38.6 Å². The van der Waals surface area contributed by atoms with Gasteiger partial charge in [0, 0.05) is 37.4 Å². The Morgan fingerprint density at radius 2 is 1.69 bits per heavy atom. The number of para-hydroxylation sites is 1. The van der Waals surface area contributed by atoms with Crippen LogP contribution in [-0.2, 0) is 11.2 Å². The second kappa shape index (κ2) is 10.8. The van der Waals surface area contributed by atoms with E-state index in [1.54, 1.807) is 12.4 Å². The number of nitrogens with one attached hydrogen (secondary N) is 1. The molecule has 6 heteroatoms. The zero-order chi connectivity index (χ0) is 22.2. The Hall–Kier alpha value is -3.41. The fourth-order valence-electron chi connectivity index (χ4n) is 4.02. The van der Waals surface area contributed by atoms with Crippen LogP contribution in [0.25, 0.3) is 0 Å². The molecule has 2 aromatic carbocycles. The van der Waals surface area contributed by atoms with Gasteiger partial charge in [0.25, 0.3) is 5.88 Å². The second-order valence-electron chi connectivity index (χ2n) is 8.30. The lowest BCUT2D eigenvalue weighted by Crippen LogP contribution is -2.43. The molecule has 0 bridgehead atoms. The van der Waals surface area contributed by atoms with Gasteiger partial charge >= 0.3 is 0 Å². The van der Waals surface area contributed by atoms with E-state index in [9.17, 15) is 4.79 Å². The van der Waals surface area contributed by atoms with E-state index in [1.165, 1.54) is 5.56 Å². The molecule has 1 fully saturated rings. The normalized spacial score (nSPS) is 15.2. The number of ether oxygens (including phenoxy) is 1. The Morgan fingerprint density at radius 3 is 2.41 bits per heavy atom. The van der Waals surface area contributed by atoms with Gasteiger partial charge in [-0.1, -0.05) is 48.5 Å². The molecule has 0 saturated carbocycles. The van der Waals surface area contributed by atoms with Crippen molar-refractivity contribution in [3.63, 3.8) is 0 Å². The van der Waals surface area contributed by atoms with Crippen LogP contribution in [0.4, 0.5) is 5.82 Å². The standard InChI is InChI=1S/C26H30N4O2/c1-20(12-13-21-8-4-2-5-9-21)29-25(31)22-14-18-30(19-15-22)24-26(28-17-16-27-24)32-23-10-6-3-7-11-23/h2-11,16-17,20,22H,12-15,18-19H2,1H3,(H,29,31). The number of hydrogen-bond acceptors (Lipinski definition) is 5. The van der Waals surface area contributed by atoms with Crippen LogP contribution in [0.5, 0.6) is 11.6 Å². The zero-order valence-corrected chi connectivity index (χ0v) is 18.5. The number of aryl methyl sites for hydroxylation is 1. The summed E-state index contributed by atoms with van der Waals surface area (Å²) >= 11 is 0. The van der Waals surface area contributed by atoms with Gasteiger partial charge in [-0.2, -0.15) is 0 Å². The van der Waals surface area contributed by atoms with Crippen LogP contribution >= 0.6 is 0 Å². The number of nitrogens with zero attached hydrogens (tertiary/aromatic N) is 3. The minimum Gasteiger partial charge on any atom is -0.436 e. The number of carbonyl (C=O) groups excluding carboxylic acids is 1. The molecule has 1 atom stereocenters. The van der Waals surface area contributed by atoms with E-state index in [-0.39, 0.29) is 17.9 Å². The Labute approximate surface area is 189 Å².